The standard InChI is InChI=1S/C18H34N2/c19-16-8-4-1-2-5-9-17(16)20-14-12-18(13-15-20)10-6-3-7-11-18/h16-17H,1-15,19H2. The molecule has 0 radical (unpaired) electrons. The molecular formula is C18H34N2. The molecular weight excluding hydrogens is 244 g/mol. The number of piperidine rings is 1. The number of rotatable bonds is 1. The average Bonchev–Trinajstić information content (AvgIpc) is 2.46. The highest BCUT2D eigenvalue weighted by Gasteiger charge is 2.38. The number of nitrogens with two attached hydrogens (primary N) is 1. The first-order chi connectivity index (χ1) is 9.79. The molecule has 0 aromatic heterocycles. The van der Waals surface area contributed by atoms with Gasteiger partial charge >= 0.3 is 0 Å². The molecule has 0 bridgehead atoms. The van der Waals surface area contributed by atoms with Crippen molar-refractivity contribution in [1.29, 1.82) is 0 Å². The minimum absolute atomic E-state index is 0.440. The summed E-state index contributed by atoms with van der Waals surface area (Å²) in [6.45, 7) is 2.66. The molecule has 3 rings (SSSR count). The summed E-state index contributed by atoms with van der Waals surface area (Å²) in [5.74, 6) is 0. The highest BCUT2D eigenvalue weighted by atomic mass is 15.2. The van der Waals surface area contributed by atoms with E-state index in [1.165, 1.54) is 96.6 Å². The predicted molar refractivity (Wildman–Crippen MR) is 85.8 cm³/mol. The van der Waals surface area contributed by atoms with Crippen molar-refractivity contribution in [2.45, 2.75) is 95.6 Å². The SMILES string of the molecule is NC1CCCCCCC1N1CCC2(CCCCC2)CC1. The minimum Gasteiger partial charge on any atom is -0.326 e. The molecule has 0 aromatic rings. The summed E-state index contributed by atoms with van der Waals surface area (Å²) in [5.41, 5.74) is 7.24. The van der Waals surface area contributed by atoms with E-state index in [9.17, 15) is 0 Å². The van der Waals surface area contributed by atoms with Crippen molar-refractivity contribution in [3.63, 3.8) is 0 Å². The maximum atomic E-state index is 6.51. The summed E-state index contributed by atoms with van der Waals surface area (Å²) in [6.07, 6.45) is 18.6. The molecule has 2 unspecified atom stereocenters. The molecule has 1 saturated heterocycles. The van der Waals surface area contributed by atoms with Gasteiger partial charge in [0.1, 0.15) is 0 Å². The quantitative estimate of drug-likeness (QED) is 0.783. The summed E-state index contributed by atoms with van der Waals surface area (Å²) < 4.78 is 0. The van der Waals surface area contributed by atoms with Crippen molar-refractivity contribution in [3.8, 4) is 0 Å². The van der Waals surface area contributed by atoms with Gasteiger partial charge in [0.2, 0.25) is 0 Å². The molecule has 116 valence electrons. The molecule has 3 aliphatic rings. The fraction of sp³-hybridized carbons (Fsp3) is 1.00. The molecule has 20 heavy (non-hydrogen) atoms. The zero-order chi connectivity index (χ0) is 13.8. The maximum absolute atomic E-state index is 6.51. The Labute approximate surface area is 125 Å². The Bertz CT molecular complexity index is 286. The molecule has 1 spiro atoms. The first kappa shape index (κ1) is 14.8. The van der Waals surface area contributed by atoms with E-state index in [-0.39, 0.29) is 0 Å². The Morgan fingerprint density at radius 1 is 0.700 bits per heavy atom. The van der Waals surface area contributed by atoms with Crippen LogP contribution < -0.4 is 5.73 Å². The second-order valence-corrected chi connectivity index (χ2v) is 7.82. The summed E-state index contributed by atoms with van der Waals surface area (Å²) in [6, 6.07) is 1.13. The lowest BCUT2D eigenvalue weighted by Crippen LogP contribution is -2.52. The van der Waals surface area contributed by atoms with E-state index >= 15 is 0 Å². The third-order valence-electron chi connectivity index (χ3n) is 6.52. The van der Waals surface area contributed by atoms with Gasteiger partial charge < -0.3 is 5.73 Å². The Balaban J connectivity index is 1.55. The van der Waals surface area contributed by atoms with Crippen molar-refractivity contribution in [1.82, 2.24) is 4.90 Å². The molecule has 1 heterocycles. The maximum Gasteiger partial charge on any atom is 0.0247 e. The van der Waals surface area contributed by atoms with Crippen molar-refractivity contribution in [3.05, 3.63) is 0 Å². The van der Waals surface area contributed by atoms with Crippen LogP contribution in [0.15, 0.2) is 0 Å². The molecule has 2 aliphatic carbocycles. The van der Waals surface area contributed by atoms with Crippen LogP contribution in [0.3, 0.4) is 0 Å². The predicted octanol–water partition coefficient (Wildman–Crippen LogP) is 4.08. The van der Waals surface area contributed by atoms with Gasteiger partial charge in [-0.05, 0) is 57.0 Å². The van der Waals surface area contributed by atoms with E-state index in [0.29, 0.717) is 12.1 Å². The second kappa shape index (κ2) is 6.79. The Morgan fingerprint density at radius 2 is 1.30 bits per heavy atom. The first-order valence-corrected chi connectivity index (χ1v) is 9.29. The number of nitrogens with zero attached hydrogens (tertiary/aromatic N) is 1. The van der Waals surface area contributed by atoms with E-state index in [1.807, 2.05) is 0 Å². The van der Waals surface area contributed by atoms with Gasteiger partial charge in [0.05, 0.1) is 0 Å². The van der Waals surface area contributed by atoms with Gasteiger partial charge in [0.25, 0.3) is 0 Å². The van der Waals surface area contributed by atoms with Gasteiger partial charge in [-0.3, -0.25) is 4.90 Å². The topological polar surface area (TPSA) is 29.3 Å². The van der Waals surface area contributed by atoms with E-state index in [0.717, 1.165) is 5.41 Å². The number of hydrogen-bond donors (Lipinski definition) is 1. The smallest absolute Gasteiger partial charge is 0.0247 e. The van der Waals surface area contributed by atoms with Gasteiger partial charge in [-0.15, -0.1) is 0 Å². The Morgan fingerprint density at radius 3 is 2.00 bits per heavy atom. The summed E-state index contributed by atoms with van der Waals surface area (Å²) >= 11 is 0. The lowest BCUT2D eigenvalue weighted by atomic mass is 9.68. The van der Waals surface area contributed by atoms with Gasteiger partial charge in [-0.25, -0.2) is 0 Å². The molecule has 3 fully saturated rings. The van der Waals surface area contributed by atoms with Crippen LogP contribution in [-0.4, -0.2) is 30.1 Å². The highest BCUT2D eigenvalue weighted by molar-refractivity contribution is 4.92. The molecule has 2 heteroatoms. The van der Waals surface area contributed by atoms with Crippen LogP contribution in [0.5, 0.6) is 0 Å². The molecule has 0 amide bonds. The summed E-state index contributed by atoms with van der Waals surface area (Å²) in [7, 11) is 0. The van der Waals surface area contributed by atoms with Crippen LogP contribution in [0.25, 0.3) is 0 Å². The molecule has 2 atom stereocenters. The van der Waals surface area contributed by atoms with Crippen LogP contribution in [0.2, 0.25) is 0 Å². The Hall–Kier alpha value is -0.0800. The van der Waals surface area contributed by atoms with E-state index in [4.69, 9.17) is 5.73 Å². The zero-order valence-electron chi connectivity index (χ0n) is 13.3. The van der Waals surface area contributed by atoms with Gasteiger partial charge in [0.15, 0.2) is 0 Å². The van der Waals surface area contributed by atoms with Crippen LogP contribution in [0.1, 0.15) is 83.5 Å². The summed E-state index contributed by atoms with van der Waals surface area (Å²) in [4.78, 5) is 2.77. The molecule has 2 saturated carbocycles. The highest BCUT2D eigenvalue weighted by Crippen LogP contribution is 2.45. The van der Waals surface area contributed by atoms with Crippen molar-refractivity contribution >= 4 is 0 Å². The van der Waals surface area contributed by atoms with E-state index in [2.05, 4.69) is 4.90 Å². The van der Waals surface area contributed by atoms with E-state index < -0.39 is 0 Å². The third-order valence-corrected chi connectivity index (χ3v) is 6.52. The van der Waals surface area contributed by atoms with Gasteiger partial charge in [-0.2, -0.15) is 0 Å². The van der Waals surface area contributed by atoms with Crippen LogP contribution >= 0.6 is 0 Å². The van der Waals surface area contributed by atoms with Crippen LogP contribution in [0, 0.1) is 5.41 Å². The monoisotopic (exact) mass is 278 g/mol. The second-order valence-electron chi connectivity index (χ2n) is 7.82. The van der Waals surface area contributed by atoms with Gasteiger partial charge in [0, 0.05) is 12.1 Å². The fourth-order valence-electron chi connectivity index (χ4n) is 5.08. The molecule has 1 aliphatic heterocycles. The fourth-order valence-corrected chi connectivity index (χ4v) is 5.08. The normalized spacial score (nSPS) is 36.5. The minimum atomic E-state index is 0.440. The first-order valence-electron chi connectivity index (χ1n) is 9.29. The summed E-state index contributed by atoms with van der Waals surface area (Å²) in [5, 5.41) is 0. The number of hydrogen-bond acceptors (Lipinski definition) is 2. The van der Waals surface area contributed by atoms with Crippen molar-refractivity contribution in [2.75, 3.05) is 13.1 Å². The van der Waals surface area contributed by atoms with E-state index in [1.54, 1.807) is 0 Å². The average molecular weight is 278 g/mol. The lowest BCUT2D eigenvalue weighted by Gasteiger charge is -2.48. The molecule has 2 N–H and O–H groups in total. The molecule has 2 nitrogen and oxygen atoms in total. The molecule has 0 aromatic carbocycles. The Kier molecular flexibility index (Phi) is 5.04. The lowest BCUT2D eigenvalue weighted by molar-refractivity contribution is 0.0328. The van der Waals surface area contributed by atoms with Crippen molar-refractivity contribution in [2.24, 2.45) is 11.1 Å². The van der Waals surface area contributed by atoms with Crippen LogP contribution in [0.4, 0.5) is 0 Å². The third kappa shape index (κ3) is 3.39. The number of likely N-dealkylation sites (tertiary alicyclic amines) is 1. The van der Waals surface area contributed by atoms with Crippen molar-refractivity contribution < 1.29 is 0 Å². The zero-order valence-corrected chi connectivity index (χ0v) is 13.3. The van der Waals surface area contributed by atoms with Gasteiger partial charge in [-0.1, -0.05) is 44.9 Å². The largest absolute Gasteiger partial charge is 0.326 e. The van der Waals surface area contributed by atoms with Crippen LogP contribution in [-0.2, 0) is 0 Å².